The second-order valence-electron chi connectivity index (χ2n) is 6.07. The van der Waals surface area contributed by atoms with Crippen molar-refractivity contribution in [2.24, 2.45) is 11.7 Å². The number of amides is 2. The van der Waals surface area contributed by atoms with Crippen molar-refractivity contribution in [3.8, 4) is 0 Å². The molecule has 1 atom stereocenters. The first-order valence-corrected chi connectivity index (χ1v) is 6.68. The Labute approximate surface area is 114 Å². The Morgan fingerprint density at radius 2 is 1.74 bits per heavy atom. The van der Waals surface area contributed by atoms with Crippen LogP contribution in [0, 0.1) is 5.92 Å². The molecule has 0 bridgehead atoms. The van der Waals surface area contributed by atoms with E-state index in [2.05, 4.69) is 4.90 Å². The predicted molar refractivity (Wildman–Crippen MR) is 72.6 cm³/mol. The van der Waals surface area contributed by atoms with Gasteiger partial charge in [-0.3, -0.25) is 9.69 Å². The molecule has 0 saturated carbocycles. The second kappa shape index (κ2) is 6.23. The number of primary amides is 1. The standard InChI is InChI=1S/C13H25N3O3/c1-10(11(14)17)9-15-5-7-16(8-6-15)12(18)19-13(2,3)4/h10H,5-9H2,1-4H3,(H2,14,17). The van der Waals surface area contributed by atoms with Gasteiger partial charge in [-0.15, -0.1) is 0 Å². The first-order valence-electron chi connectivity index (χ1n) is 6.68. The summed E-state index contributed by atoms with van der Waals surface area (Å²) >= 11 is 0. The van der Waals surface area contributed by atoms with Gasteiger partial charge in [-0.2, -0.15) is 0 Å². The van der Waals surface area contributed by atoms with E-state index in [9.17, 15) is 9.59 Å². The number of ether oxygens (including phenoxy) is 1. The van der Waals surface area contributed by atoms with Gasteiger partial charge in [-0.25, -0.2) is 4.79 Å². The molecule has 110 valence electrons. The minimum atomic E-state index is -0.464. The van der Waals surface area contributed by atoms with E-state index in [0.717, 1.165) is 13.1 Å². The molecular formula is C13H25N3O3. The van der Waals surface area contributed by atoms with Gasteiger partial charge in [0.15, 0.2) is 0 Å². The van der Waals surface area contributed by atoms with Crippen LogP contribution in [-0.2, 0) is 9.53 Å². The number of hydrogen-bond acceptors (Lipinski definition) is 4. The van der Waals surface area contributed by atoms with E-state index in [1.807, 2.05) is 27.7 Å². The van der Waals surface area contributed by atoms with Crippen molar-refractivity contribution in [1.29, 1.82) is 0 Å². The monoisotopic (exact) mass is 271 g/mol. The number of carbonyl (C=O) groups excluding carboxylic acids is 2. The summed E-state index contributed by atoms with van der Waals surface area (Å²) in [5.74, 6) is -0.442. The van der Waals surface area contributed by atoms with Crippen LogP contribution in [0.3, 0.4) is 0 Å². The van der Waals surface area contributed by atoms with E-state index in [4.69, 9.17) is 10.5 Å². The Hall–Kier alpha value is -1.30. The second-order valence-corrected chi connectivity index (χ2v) is 6.07. The molecule has 0 radical (unpaired) electrons. The van der Waals surface area contributed by atoms with Crippen LogP contribution in [0.2, 0.25) is 0 Å². The number of carbonyl (C=O) groups is 2. The van der Waals surface area contributed by atoms with E-state index in [0.29, 0.717) is 19.6 Å². The molecule has 2 N–H and O–H groups in total. The number of piperazine rings is 1. The molecule has 1 rings (SSSR count). The molecule has 1 heterocycles. The van der Waals surface area contributed by atoms with Crippen molar-refractivity contribution in [1.82, 2.24) is 9.80 Å². The Kier molecular flexibility index (Phi) is 5.17. The third-order valence-electron chi connectivity index (χ3n) is 3.04. The highest BCUT2D eigenvalue weighted by Crippen LogP contribution is 2.12. The van der Waals surface area contributed by atoms with Crippen LogP contribution in [0.25, 0.3) is 0 Å². The highest BCUT2D eigenvalue weighted by atomic mass is 16.6. The molecule has 0 aromatic carbocycles. The fourth-order valence-electron chi connectivity index (χ4n) is 1.92. The Bertz CT molecular complexity index is 331. The van der Waals surface area contributed by atoms with Gasteiger partial charge in [0.2, 0.25) is 5.91 Å². The molecule has 1 unspecified atom stereocenters. The predicted octanol–water partition coefficient (Wildman–Crippen LogP) is 0.661. The van der Waals surface area contributed by atoms with Gasteiger partial charge in [0.05, 0.1) is 0 Å². The number of nitrogens with zero attached hydrogens (tertiary/aromatic N) is 2. The molecule has 1 aliphatic heterocycles. The first kappa shape index (κ1) is 15.8. The lowest BCUT2D eigenvalue weighted by atomic mass is 10.1. The lowest BCUT2D eigenvalue weighted by Crippen LogP contribution is -2.51. The maximum absolute atomic E-state index is 11.9. The molecule has 2 amide bonds. The maximum Gasteiger partial charge on any atom is 0.410 e. The highest BCUT2D eigenvalue weighted by molar-refractivity contribution is 5.76. The van der Waals surface area contributed by atoms with Gasteiger partial charge in [0.1, 0.15) is 5.60 Å². The normalized spacial score (nSPS) is 19.1. The molecule has 1 aliphatic rings. The summed E-state index contributed by atoms with van der Waals surface area (Å²) in [5.41, 5.74) is 4.78. The summed E-state index contributed by atoms with van der Waals surface area (Å²) in [6, 6.07) is 0. The zero-order valence-corrected chi connectivity index (χ0v) is 12.3. The molecular weight excluding hydrogens is 246 g/mol. The summed E-state index contributed by atoms with van der Waals surface area (Å²) in [7, 11) is 0. The van der Waals surface area contributed by atoms with Crippen LogP contribution in [0.4, 0.5) is 4.79 Å². The molecule has 0 aromatic heterocycles. The zero-order chi connectivity index (χ0) is 14.6. The van der Waals surface area contributed by atoms with Crippen molar-refractivity contribution in [3.05, 3.63) is 0 Å². The molecule has 0 spiro atoms. The Morgan fingerprint density at radius 1 is 1.21 bits per heavy atom. The molecule has 19 heavy (non-hydrogen) atoms. The Morgan fingerprint density at radius 3 is 2.16 bits per heavy atom. The molecule has 0 aromatic rings. The summed E-state index contributed by atoms with van der Waals surface area (Å²) in [5, 5.41) is 0. The van der Waals surface area contributed by atoms with Crippen LogP contribution in [-0.4, -0.2) is 60.1 Å². The number of rotatable bonds is 3. The smallest absolute Gasteiger partial charge is 0.410 e. The minimum Gasteiger partial charge on any atom is -0.444 e. The SMILES string of the molecule is CC(CN1CCN(C(=O)OC(C)(C)C)CC1)C(N)=O. The van der Waals surface area contributed by atoms with E-state index in [1.54, 1.807) is 4.90 Å². The summed E-state index contributed by atoms with van der Waals surface area (Å²) in [6.45, 7) is 10.8. The van der Waals surface area contributed by atoms with Gasteiger partial charge in [0.25, 0.3) is 0 Å². The Balaban J connectivity index is 2.36. The van der Waals surface area contributed by atoms with Crippen LogP contribution in [0.1, 0.15) is 27.7 Å². The van der Waals surface area contributed by atoms with Crippen LogP contribution in [0.15, 0.2) is 0 Å². The maximum atomic E-state index is 11.9. The molecule has 0 aliphatic carbocycles. The summed E-state index contributed by atoms with van der Waals surface area (Å²) < 4.78 is 5.33. The summed E-state index contributed by atoms with van der Waals surface area (Å²) in [4.78, 5) is 26.7. The van der Waals surface area contributed by atoms with E-state index in [-0.39, 0.29) is 17.9 Å². The summed E-state index contributed by atoms with van der Waals surface area (Å²) in [6.07, 6.45) is -0.268. The fraction of sp³-hybridized carbons (Fsp3) is 0.846. The van der Waals surface area contributed by atoms with Gasteiger partial charge < -0.3 is 15.4 Å². The largest absolute Gasteiger partial charge is 0.444 e. The molecule has 1 saturated heterocycles. The quantitative estimate of drug-likeness (QED) is 0.818. The van der Waals surface area contributed by atoms with E-state index in [1.165, 1.54) is 0 Å². The van der Waals surface area contributed by atoms with Crippen molar-refractivity contribution in [2.45, 2.75) is 33.3 Å². The van der Waals surface area contributed by atoms with Crippen LogP contribution < -0.4 is 5.73 Å². The highest BCUT2D eigenvalue weighted by Gasteiger charge is 2.26. The average molecular weight is 271 g/mol. The third kappa shape index (κ3) is 5.46. The number of nitrogens with two attached hydrogens (primary N) is 1. The van der Waals surface area contributed by atoms with Crippen molar-refractivity contribution < 1.29 is 14.3 Å². The van der Waals surface area contributed by atoms with Crippen LogP contribution in [0.5, 0.6) is 0 Å². The lowest BCUT2D eigenvalue weighted by molar-refractivity contribution is -0.122. The van der Waals surface area contributed by atoms with Gasteiger partial charge in [-0.1, -0.05) is 6.92 Å². The van der Waals surface area contributed by atoms with Gasteiger partial charge >= 0.3 is 6.09 Å². The molecule has 1 fully saturated rings. The van der Waals surface area contributed by atoms with E-state index >= 15 is 0 Å². The first-order chi connectivity index (χ1) is 8.69. The minimum absolute atomic E-state index is 0.159. The molecule has 6 heteroatoms. The topological polar surface area (TPSA) is 75.9 Å². The zero-order valence-electron chi connectivity index (χ0n) is 12.3. The average Bonchev–Trinajstić information content (AvgIpc) is 2.27. The van der Waals surface area contributed by atoms with Crippen molar-refractivity contribution in [2.75, 3.05) is 32.7 Å². The van der Waals surface area contributed by atoms with Gasteiger partial charge in [-0.05, 0) is 20.8 Å². The molecule has 6 nitrogen and oxygen atoms in total. The van der Waals surface area contributed by atoms with E-state index < -0.39 is 5.60 Å². The lowest BCUT2D eigenvalue weighted by Gasteiger charge is -2.36. The van der Waals surface area contributed by atoms with Crippen molar-refractivity contribution >= 4 is 12.0 Å². The van der Waals surface area contributed by atoms with Crippen LogP contribution >= 0.6 is 0 Å². The fourth-order valence-corrected chi connectivity index (χ4v) is 1.92. The third-order valence-corrected chi connectivity index (χ3v) is 3.04. The van der Waals surface area contributed by atoms with Crippen molar-refractivity contribution in [3.63, 3.8) is 0 Å². The number of hydrogen-bond donors (Lipinski definition) is 1. The van der Waals surface area contributed by atoms with Gasteiger partial charge in [0, 0.05) is 38.6 Å².